The number of rotatable bonds is 5. The summed E-state index contributed by atoms with van der Waals surface area (Å²) in [5.41, 5.74) is 0. The Hall–Kier alpha value is -1.89. The van der Waals surface area contributed by atoms with Crippen LogP contribution in [0.4, 0.5) is 11.6 Å². The van der Waals surface area contributed by atoms with Crippen molar-refractivity contribution in [3.8, 4) is 0 Å². The van der Waals surface area contributed by atoms with E-state index < -0.39 is 12.0 Å². The highest BCUT2D eigenvalue weighted by Gasteiger charge is 2.25. The molecule has 1 saturated heterocycles. The first-order valence-corrected chi connectivity index (χ1v) is 6.30. The minimum atomic E-state index is -0.936. The number of aliphatic hydroxyl groups is 1. The number of nitrogens with one attached hydrogen (secondary N) is 1. The second-order valence-electron chi connectivity index (χ2n) is 4.64. The molecule has 0 aliphatic carbocycles. The zero-order valence-electron chi connectivity index (χ0n) is 10.8. The highest BCUT2D eigenvalue weighted by molar-refractivity contribution is 5.76. The van der Waals surface area contributed by atoms with Gasteiger partial charge in [-0.25, -0.2) is 9.97 Å². The van der Waals surface area contributed by atoms with Gasteiger partial charge in [0.1, 0.15) is 24.0 Å². The number of aromatic nitrogens is 2. The average molecular weight is 266 g/mol. The van der Waals surface area contributed by atoms with Gasteiger partial charge in [-0.05, 0) is 19.8 Å². The van der Waals surface area contributed by atoms with Crippen molar-refractivity contribution < 1.29 is 15.0 Å². The summed E-state index contributed by atoms with van der Waals surface area (Å²) in [5.74, 6) is 0.254. The third-order valence-corrected chi connectivity index (χ3v) is 3.27. The van der Waals surface area contributed by atoms with E-state index in [9.17, 15) is 9.90 Å². The van der Waals surface area contributed by atoms with Gasteiger partial charge in [0, 0.05) is 12.6 Å². The second-order valence-corrected chi connectivity index (χ2v) is 4.64. The van der Waals surface area contributed by atoms with Crippen LogP contribution < -0.4 is 10.2 Å². The Morgan fingerprint density at radius 3 is 3.11 bits per heavy atom. The molecule has 0 spiro atoms. The van der Waals surface area contributed by atoms with E-state index >= 15 is 0 Å². The van der Waals surface area contributed by atoms with Crippen LogP contribution in [-0.4, -0.2) is 51.4 Å². The number of nitrogens with zero attached hydrogens (tertiary/aromatic N) is 3. The monoisotopic (exact) mass is 266 g/mol. The first-order chi connectivity index (χ1) is 9.11. The molecule has 1 aromatic heterocycles. The van der Waals surface area contributed by atoms with E-state index in [1.807, 2.05) is 4.90 Å². The summed E-state index contributed by atoms with van der Waals surface area (Å²) in [6.07, 6.45) is 3.36. The number of aliphatic hydroxyl groups excluding tert-OH is 1. The average Bonchev–Trinajstić information content (AvgIpc) is 2.87. The van der Waals surface area contributed by atoms with E-state index in [1.54, 1.807) is 13.0 Å². The Kier molecular flexibility index (Phi) is 4.16. The van der Waals surface area contributed by atoms with E-state index in [2.05, 4.69) is 15.3 Å². The Labute approximate surface area is 111 Å². The quantitative estimate of drug-likeness (QED) is 0.706. The van der Waals surface area contributed by atoms with E-state index in [1.165, 1.54) is 6.33 Å². The molecule has 19 heavy (non-hydrogen) atoms. The van der Waals surface area contributed by atoms with Gasteiger partial charge >= 0.3 is 5.97 Å². The maximum atomic E-state index is 10.8. The molecule has 1 aliphatic heterocycles. The Morgan fingerprint density at radius 1 is 1.63 bits per heavy atom. The van der Waals surface area contributed by atoms with Crippen LogP contribution in [0.5, 0.6) is 0 Å². The van der Waals surface area contributed by atoms with Crippen LogP contribution in [0.3, 0.4) is 0 Å². The first kappa shape index (κ1) is 13.5. The molecule has 1 aromatic rings. The number of carboxylic acids is 1. The van der Waals surface area contributed by atoms with Crippen LogP contribution in [0.15, 0.2) is 12.4 Å². The molecule has 1 unspecified atom stereocenters. The smallest absolute Gasteiger partial charge is 0.325 e. The molecular formula is C12H18N4O3. The van der Waals surface area contributed by atoms with Gasteiger partial charge in [0.15, 0.2) is 0 Å². The summed E-state index contributed by atoms with van der Waals surface area (Å²) in [4.78, 5) is 21.0. The summed E-state index contributed by atoms with van der Waals surface area (Å²) in [6.45, 7) is 2.49. The normalized spacial score (nSPS) is 20.3. The number of anilines is 2. The van der Waals surface area contributed by atoms with Crippen molar-refractivity contribution in [2.45, 2.75) is 31.8 Å². The number of aliphatic carboxylic acids is 1. The van der Waals surface area contributed by atoms with Crippen molar-refractivity contribution in [3.63, 3.8) is 0 Å². The van der Waals surface area contributed by atoms with Crippen molar-refractivity contribution >= 4 is 17.6 Å². The molecule has 0 radical (unpaired) electrons. The van der Waals surface area contributed by atoms with E-state index in [0.717, 1.165) is 19.4 Å². The van der Waals surface area contributed by atoms with Gasteiger partial charge < -0.3 is 20.4 Å². The SMILES string of the molecule is C[C@@H](Nc1cc(N2CCCC2CO)ncn1)C(=O)O. The second kappa shape index (κ2) is 5.83. The van der Waals surface area contributed by atoms with Crippen LogP contribution in [0.1, 0.15) is 19.8 Å². The first-order valence-electron chi connectivity index (χ1n) is 6.30. The highest BCUT2D eigenvalue weighted by atomic mass is 16.4. The molecule has 7 nitrogen and oxygen atoms in total. The lowest BCUT2D eigenvalue weighted by molar-refractivity contribution is -0.137. The maximum absolute atomic E-state index is 10.8. The molecule has 2 atom stereocenters. The number of carboxylic acid groups (broad SMARTS) is 1. The van der Waals surface area contributed by atoms with Gasteiger partial charge in [0.2, 0.25) is 0 Å². The third kappa shape index (κ3) is 3.11. The van der Waals surface area contributed by atoms with Crippen molar-refractivity contribution in [3.05, 3.63) is 12.4 Å². The lowest BCUT2D eigenvalue weighted by Gasteiger charge is -2.24. The molecule has 3 N–H and O–H groups in total. The van der Waals surface area contributed by atoms with Crippen molar-refractivity contribution in [2.75, 3.05) is 23.4 Å². The fourth-order valence-corrected chi connectivity index (χ4v) is 2.19. The molecule has 0 aromatic carbocycles. The molecule has 1 aliphatic rings. The van der Waals surface area contributed by atoms with E-state index in [-0.39, 0.29) is 12.6 Å². The zero-order chi connectivity index (χ0) is 13.8. The molecule has 0 bridgehead atoms. The minimum absolute atomic E-state index is 0.0830. The largest absolute Gasteiger partial charge is 0.480 e. The van der Waals surface area contributed by atoms with Gasteiger partial charge in [-0.1, -0.05) is 0 Å². The summed E-state index contributed by atoms with van der Waals surface area (Å²) in [5, 5.41) is 21.0. The van der Waals surface area contributed by atoms with Gasteiger partial charge in [0.05, 0.1) is 12.6 Å². The predicted molar refractivity (Wildman–Crippen MR) is 70.2 cm³/mol. The Bertz CT molecular complexity index is 454. The molecule has 2 heterocycles. The van der Waals surface area contributed by atoms with Crippen LogP contribution in [0.2, 0.25) is 0 Å². The summed E-state index contributed by atoms with van der Waals surface area (Å²) in [7, 11) is 0. The molecule has 104 valence electrons. The van der Waals surface area contributed by atoms with Gasteiger partial charge in [-0.2, -0.15) is 0 Å². The zero-order valence-corrected chi connectivity index (χ0v) is 10.8. The van der Waals surface area contributed by atoms with Crippen LogP contribution >= 0.6 is 0 Å². The third-order valence-electron chi connectivity index (χ3n) is 3.27. The Morgan fingerprint density at radius 2 is 2.42 bits per heavy atom. The lowest BCUT2D eigenvalue weighted by atomic mass is 10.2. The van der Waals surface area contributed by atoms with Crippen molar-refractivity contribution in [1.82, 2.24) is 9.97 Å². The van der Waals surface area contributed by atoms with Gasteiger partial charge in [-0.15, -0.1) is 0 Å². The topological polar surface area (TPSA) is 98.6 Å². The molecule has 0 amide bonds. The minimum Gasteiger partial charge on any atom is -0.480 e. The summed E-state index contributed by atoms with van der Waals surface area (Å²) < 4.78 is 0. The van der Waals surface area contributed by atoms with Gasteiger partial charge in [-0.3, -0.25) is 4.79 Å². The lowest BCUT2D eigenvalue weighted by Crippen LogP contribution is -2.33. The number of hydrogen-bond donors (Lipinski definition) is 3. The Balaban J connectivity index is 2.12. The molecule has 0 saturated carbocycles. The number of carbonyl (C=O) groups is 1. The standard InChI is InChI=1S/C12H18N4O3/c1-8(12(18)19)15-10-5-11(14-7-13-10)16-4-2-3-9(16)6-17/h5,7-9,17H,2-4,6H2,1H3,(H,18,19)(H,13,14,15)/t8-,9?/m1/s1. The van der Waals surface area contributed by atoms with Crippen LogP contribution in [-0.2, 0) is 4.79 Å². The fraction of sp³-hybridized carbons (Fsp3) is 0.583. The molecule has 7 heteroatoms. The van der Waals surface area contributed by atoms with Crippen LogP contribution in [0, 0.1) is 0 Å². The number of hydrogen-bond acceptors (Lipinski definition) is 6. The predicted octanol–water partition coefficient (Wildman–Crippen LogP) is 0.323. The highest BCUT2D eigenvalue weighted by Crippen LogP contribution is 2.24. The summed E-state index contributed by atoms with van der Waals surface area (Å²) in [6, 6.07) is 1.09. The van der Waals surface area contributed by atoms with E-state index in [0.29, 0.717) is 11.6 Å². The van der Waals surface area contributed by atoms with Crippen molar-refractivity contribution in [2.24, 2.45) is 0 Å². The molecule has 2 rings (SSSR count). The van der Waals surface area contributed by atoms with Crippen LogP contribution in [0.25, 0.3) is 0 Å². The molecule has 1 fully saturated rings. The molecular weight excluding hydrogens is 248 g/mol. The van der Waals surface area contributed by atoms with Crippen molar-refractivity contribution in [1.29, 1.82) is 0 Å². The van der Waals surface area contributed by atoms with Gasteiger partial charge in [0.25, 0.3) is 0 Å². The van der Waals surface area contributed by atoms with E-state index in [4.69, 9.17) is 5.11 Å². The maximum Gasteiger partial charge on any atom is 0.325 e. The summed E-state index contributed by atoms with van der Waals surface area (Å²) >= 11 is 0. The fourth-order valence-electron chi connectivity index (χ4n) is 2.19.